The molecule has 1 aliphatic heterocycles. The van der Waals surface area contributed by atoms with Gasteiger partial charge in [0.15, 0.2) is 9.84 Å². The summed E-state index contributed by atoms with van der Waals surface area (Å²) in [6.07, 6.45) is 1.32. The van der Waals surface area contributed by atoms with Gasteiger partial charge in [-0.15, -0.1) is 0 Å². The van der Waals surface area contributed by atoms with Crippen LogP contribution in [0.5, 0.6) is 0 Å². The Balaban J connectivity index is 2.26. The molecule has 1 N–H and O–H groups in total. The van der Waals surface area contributed by atoms with Gasteiger partial charge in [-0.05, 0) is 24.1 Å². The largest absolute Gasteiger partial charge is 0.388 e. The standard InChI is InChI=1S/C12H16O4S/c1-17(14,15)11-4-2-3-9(7-11)12(13)10-5-6-16-8-10/h2-4,7,10,12-13H,5-6,8H2,1H3. The maximum atomic E-state index is 11.4. The van der Waals surface area contributed by atoms with E-state index in [2.05, 4.69) is 0 Å². The molecule has 0 aromatic heterocycles. The van der Waals surface area contributed by atoms with E-state index in [1.54, 1.807) is 18.2 Å². The van der Waals surface area contributed by atoms with Crippen LogP contribution in [0.3, 0.4) is 0 Å². The first-order valence-electron chi connectivity index (χ1n) is 5.54. The Labute approximate surface area is 101 Å². The lowest BCUT2D eigenvalue weighted by Gasteiger charge is -2.17. The van der Waals surface area contributed by atoms with E-state index in [0.29, 0.717) is 18.8 Å². The Morgan fingerprint density at radius 3 is 2.82 bits per heavy atom. The summed E-state index contributed by atoms with van der Waals surface area (Å²) in [4.78, 5) is 0.243. The molecule has 2 rings (SSSR count). The Morgan fingerprint density at radius 1 is 1.47 bits per heavy atom. The lowest BCUT2D eigenvalue weighted by atomic mass is 9.95. The van der Waals surface area contributed by atoms with Crippen molar-refractivity contribution < 1.29 is 18.3 Å². The number of hydrogen-bond acceptors (Lipinski definition) is 4. The lowest BCUT2D eigenvalue weighted by molar-refractivity contribution is 0.0916. The van der Waals surface area contributed by atoms with Crippen molar-refractivity contribution in [1.29, 1.82) is 0 Å². The first kappa shape index (κ1) is 12.5. The fraction of sp³-hybridized carbons (Fsp3) is 0.500. The Bertz CT molecular complexity index is 489. The summed E-state index contributed by atoms with van der Waals surface area (Å²) in [5, 5.41) is 10.1. The molecule has 0 spiro atoms. The maximum Gasteiger partial charge on any atom is 0.175 e. The third-order valence-corrected chi connectivity index (χ3v) is 4.15. The van der Waals surface area contributed by atoms with Gasteiger partial charge in [-0.3, -0.25) is 0 Å². The summed E-state index contributed by atoms with van der Waals surface area (Å²) in [6, 6.07) is 6.48. The SMILES string of the molecule is CS(=O)(=O)c1cccc(C(O)C2CCOC2)c1. The van der Waals surface area contributed by atoms with Crippen molar-refractivity contribution in [1.82, 2.24) is 0 Å². The van der Waals surface area contributed by atoms with E-state index < -0.39 is 15.9 Å². The van der Waals surface area contributed by atoms with E-state index >= 15 is 0 Å². The second-order valence-corrected chi connectivity index (χ2v) is 6.43. The Morgan fingerprint density at radius 2 is 2.24 bits per heavy atom. The van der Waals surface area contributed by atoms with Crippen molar-refractivity contribution in [2.45, 2.75) is 17.4 Å². The van der Waals surface area contributed by atoms with E-state index in [0.717, 1.165) is 12.7 Å². The minimum atomic E-state index is -3.22. The summed E-state index contributed by atoms with van der Waals surface area (Å²) >= 11 is 0. The molecule has 0 aliphatic carbocycles. The molecule has 1 aromatic rings. The molecule has 4 nitrogen and oxygen atoms in total. The third-order valence-electron chi connectivity index (χ3n) is 3.04. The normalized spacial score (nSPS) is 22.6. The maximum absolute atomic E-state index is 11.4. The van der Waals surface area contributed by atoms with Gasteiger partial charge < -0.3 is 9.84 Å². The molecular weight excluding hydrogens is 240 g/mol. The van der Waals surface area contributed by atoms with Crippen LogP contribution in [0.4, 0.5) is 0 Å². The minimum absolute atomic E-state index is 0.0600. The van der Waals surface area contributed by atoms with Crippen molar-refractivity contribution in [3.05, 3.63) is 29.8 Å². The van der Waals surface area contributed by atoms with Crippen LogP contribution in [-0.2, 0) is 14.6 Å². The van der Waals surface area contributed by atoms with Crippen molar-refractivity contribution in [2.75, 3.05) is 19.5 Å². The van der Waals surface area contributed by atoms with Crippen LogP contribution >= 0.6 is 0 Å². The number of sulfone groups is 1. The fourth-order valence-electron chi connectivity index (χ4n) is 2.00. The van der Waals surface area contributed by atoms with E-state index in [1.165, 1.54) is 6.07 Å². The van der Waals surface area contributed by atoms with Crippen LogP contribution in [0.15, 0.2) is 29.2 Å². The van der Waals surface area contributed by atoms with Gasteiger partial charge in [0.1, 0.15) is 0 Å². The van der Waals surface area contributed by atoms with Gasteiger partial charge >= 0.3 is 0 Å². The third kappa shape index (κ3) is 2.86. The molecule has 0 bridgehead atoms. The summed E-state index contributed by atoms with van der Waals surface area (Å²) < 4.78 is 28.1. The van der Waals surface area contributed by atoms with Gasteiger partial charge in [0.05, 0.1) is 17.6 Å². The predicted octanol–water partition coefficient (Wildman–Crippen LogP) is 1.16. The van der Waals surface area contributed by atoms with Crippen molar-refractivity contribution in [3.8, 4) is 0 Å². The van der Waals surface area contributed by atoms with E-state index in [4.69, 9.17) is 4.74 Å². The van der Waals surface area contributed by atoms with E-state index in [-0.39, 0.29) is 10.8 Å². The molecular formula is C12H16O4S. The fourth-order valence-corrected chi connectivity index (χ4v) is 2.68. The average Bonchev–Trinajstić information content (AvgIpc) is 2.80. The number of aliphatic hydroxyl groups excluding tert-OH is 1. The molecule has 1 aromatic carbocycles. The van der Waals surface area contributed by atoms with Gasteiger partial charge in [-0.2, -0.15) is 0 Å². The van der Waals surface area contributed by atoms with Gasteiger partial charge in [0.2, 0.25) is 0 Å². The number of benzene rings is 1. The molecule has 2 unspecified atom stereocenters. The molecule has 0 radical (unpaired) electrons. The van der Waals surface area contributed by atoms with Gasteiger partial charge in [0, 0.05) is 18.8 Å². The van der Waals surface area contributed by atoms with Crippen LogP contribution in [0, 0.1) is 5.92 Å². The monoisotopic (exact) mass is 256 g/mol. The van der Waals surface area contributed by atoms with Crippen LogP contribution in [0.2, 0.25) is 0 Å². The molecule has 5 heteroatoms. The van der Waals surface area contributed by atoms with Gasteiger partial charge in [-0.25, -0.2) is 8.42 Å². The van der Waals surface area contributed by atoms with Crippen LogP contribution in [-0.4, -0.2) is 33.0 Å². The van der Waals surface area contributed by atoms with Crippen LogP contribution in [0.1, 0.15) is 18.1 Å². The molecule has 94 valence electrons. The lowest BCUT2D eigenvalue weighted by Crippen LogP contribution is -2.13. The van der Waals surface area contributed by atoms with E-state index in [1.807, 2.05) is 0 Å². The molecule has 17 heavy (non-hydrogen) atoms. The smallest absolute Gasteiger partial charge is 0.175 e. The zero-order chi connectivity index (χ0) is 12.5. The average molecular weight is 256 g/mol. The number of rotatable bonds is 3. The van der Waals surface area contributed by atoms with Crippen molar-refractivity contribution in [3.63, 3.8) is 0 Å². The second kappa shape index (κ2) is 4.76. The number of hydrogen-bond donors (Lipinski definition) is 1. The Kier molecular flexibility index (Phi) is 3.51. The zero-order valence-electron chi connectivity index (χ0n) is 9.67. The first-order chi connectivity index (χ1) is 7.98. The molecule has 1 heterocycles. The minimum Gasteiger partial charge on any atom is -0.388 e. The molecule has 2 atom stereocenters. The number of ether oxygens (including phenoxy) is 1. The highest BCUT2D eigenvalue weighted by Crippen LogP contribution is 2.29. The topological polar surface area (TPSA) is 63.6 Å². The quantitative estimate of drug-likeness (QED) is 0.881. The highest BCUT2D eigenvalue weighted by atomic mass is 32.2. The summed E-state index contributed by atoms with van der Waals surface area (Å²) in [6.45, 7) is 1.19. The van der Waals surface area contributed by atoms with E-state index in [9.17, 15) is 13.5 Å². The molecule has 1 fully saturated rings. The molecule has 0 saturated carbocycles. The zero-order valence-corrected chi connectivity index (χ0v) is 10.5. The van der Waals surface area contributed by atoms with Gasteiger partial charge in [-0.1, -0.05) is 12.1 Å². The molecule has 1 aliphatic rings. The predicted molar refractivity (Wildman–Crippen MR) is 63.4 cm³/mol. The van der Waals surface area contributed by atoms with Crippen LogP contribution in [0.25, 0.3) is 0 Å². The Hall–Kier alpha value is -0.910. The van der Waals surface area contributed by atoms with Crippen LogP contribution < -0.4 is 0 Å². The van der Waals surface area contributed by atoms with Gasteiger partial charge in [0.25, 0.3) is 0 Å². The van der Waals surface area contributed by atoms with Crippen molar-refractivity contribution in [2.24, 2.45) is 5.92 Å². The number of aliphatic hydroxyl groups is 1. The second-order valence-electron chi connectivity index (χ2n) is 4.41. The molecule has 0 amide bonds. The molecule has 1 saturated heterocycles. The first-order valence-corrected chi connectivity index (χ1v) is 7.43. The highest BCUT2D eigenvalue weighted by Gasteiger charge is 2.25. The van der Waals surface area contributed by atoms with Crippen molar-refractivity contribution >= 4 is 9.84 Å². The summed E-state index contributed by atoms with van der Waals surface area (Å²) in [7, 11) is -3.22. The summed E-state index contributed by atoms with van der Waals surface area (Å²) in [5.74, 6) is 0.0600. The summed E-state index contributed by atoms with van der Waals surface area (Å²) in [5.41, 5.74) is 0.642. The highest BCUT2D eigenvalue weighted by molar-refractivity contribution is 7.90.